The van der Waals surface area contributed by atoms with E-state index in [1.54, 1.807) is 4.90 Å². The van der Waals surface area contributed by atoms with Gasteiger partial charge in [0.1, 0.15) is 0 Å². The van der Waals surface area contributed by atoms with Crippen LogP contribution in [0.1, 0.15) is 21.8 Å². The van der Waals surface area contributed by atoms with Gasteiger partial charge in [0.15, 0.2) is 5.60 Å². The van der Waals surface area contributed by atoms with Crippen molar-refractivity contribution in [2.45, 2.75) is 11.5 Å². The smallest absolute Gasteiger partial charge is 0.257 e. The Hall–Kier alpha value is -2.22. The lowest BCUT2D eigenvalue weighted by atomic mass is 9.83. The maximum absolute atomic E-state index is 13.6. The summed E-state index contributed by atoms with van der Waals surface area (Å²) in [7, 11) is 4.01. The van der Waals surface area contributed by atoms with Gasteiger partial charge in [-0.15, -0.1) is 0 Å². The fourth-order valence-electron chi connectivity index (χ4n) is 4.27. The highest BCUT2D eigenvalue weighted by Crippen LogP contribution is 2.42. The van der Waals surface area contributed by atoms with Gasteiger partial charge in [-0.25, -0.2) is 0 Å². The highest BCUT2D eigenvalue weighted by atomic mass is 32.1. The summed E-state index contributed by atoms with van der Waals surface area (Å²) in [5.41, 5.74) is 0.744. The van der Waals surface area contributed by atoms with E-state index in [-0.39, 0.29) is 17.7 Å². The van der Waals surface area contributed by atoms with E-state index < -0.39 is 5.60 Å². The third-order valence-electron chi connectivity index (χ3n) is 5.84. The summed E-state index contributed by atoms with van der Waals surface area (Å²) >= 11 is 1.50. The number of hydrogen-bond acceptors (Lipinski definition) is 5. The van der Waals surface area contributed by atoms with Crippen LogP contribution in [-0.4, -0.2) is 85.5 Å². The molecule has 4 rings (SSSR count). The highest BCUT2D eigenvalue weighted by Gasteiger charge is 2.58. The van der Waals surface area contributed by atoms with Gasteiger partial charge in [-0.05, 0) is 31.1 Å². The van der Waals surface area contributed by atoms with E-state index in [1.165, 1.54) is 11.3 Å². The van der Waals surface area contributed by atoms with Crippen molar-refractivity contribution in [2.24, 2.45) is 0 Å². The normalized spacial score (nSPS) is 24.7. The molecule has 2 saturated heterocycles. The van der Waals surface area contributed by atoms with Gasteiger partial charge in [-0.1, -0.05) is 30.3 Å². The fourth-order valence-corrected chi connectivity index (χ4v) is 4.90. The molecule has 0 N–H and O–H groups in total. The van der Waals surface area contributed by atoms with E-state index in [1.807, 2.05) is 54.0 Å². The number of benzene rings is 1. The number of carbonyl (C=O) groups is 2. The predicted octanol–water partition coefficient (Wildman–Crippen LogP) is 2.15. The molecule has 2 amide bonds. The number of amides is 2. The lowest BCUT2D eigenvalue weighted by molar-refractivity contribution is -0.159. The molecule has 0 unspecified atom stereocenters. The van der Waals surface area contributed by atoms with Gasteiger partial charge in [-0.2, -0.15) is 11.3 Å². The second-order valence-electron chi connectivity index (χ2n) is 7.99. The number of thiophene rings is 1. The average Bonchev–Trinajstić information content (AvgIpc) is 3.35. The van der Waals surface area contributed by atoms with Crippen molar-refractivity contribution in [2.75, 3.05) is 53.4 Å². The molecule has 1 spiro atoms. The van der Waals surface area contributed by atoms with E-state index in [0.29, 0.717) is 38.3 Å². The van der Waals surface area contributed by atoms with E-state index in [4.69, 9.17) is 4.74 Å². The first kappa shape index (κ1) is 20.1. The van der Waals surface area contributed by atoms with Crippen molar-refractivity contribution in [1.82, 2.24) is 14.7 Å². The summed E-state index contributed by atoms with van der Waals surface area (Å²) < 4.78 is 6.24. The molecule has 2 atom stereocenters. The summed E-state index contributed by atoms with van der Waals surface area (Å²) in [5.74, 6) is -0.132. The Labute approximate surface area is 175 Å². The topological polar surface area (TPSA) is 53.1 Å². The van der Waals surface area contributed by atoms with E-state index in [0.717, 1.165) is 12.1 Å². The molecular formula is C22H27N3O3S. The number of nitrogens with zero attached hydrogens (tertiary/aromatic N) is 3. The molecular weight excluding hydrogens is 386 g/mol. The summed E-state index contributed by atoms with van der Waals surface area (Å²) in [5, 5.41) is 3.76. The molecule has 3 heterocycles. The molecule has 29 heavy (non-hydrogen) atoms. The highest BCUT2D eigenvalue weighted by molar-refractivity contribution is 7.08. The van der Waals surface area contributed by atoms with Crippen LogP contribution in [0.4, 0.5) is 0 Å². The number of ether oxygens (including phenoxy) is 1. The summed E-state index contributed by atoms with van der Waals surface area (Å²) in [6.07, 6.45) is 0. The van der Waals surface area contributed by atoms with Crippen LogP contribution in [0.3, 0.4) is 0 Å². The van der Waals surface area contributed by atoms with Crippen molar-refractivity contribution >= 4 is 23.2 Å². The first-order valence-electron chi connectivity index (χ1n) is 9.96. The Balaban J connectivity index is 1.65. The molecule has 0 bridgehead atoms. The van der Waals surface area contributed by atoms with Crippen LogP contribution in [0, 0.1) is 0 Å². The molecule has 2 fully saturated rings. The number of morpholine rings is 1. The molecule has 0 saturated carbocycles. The molecule has 0 radical (unpaired) electrons. The lowest BCUT2D eigenvalue weighted by Gasteiger charge is -2.42. The molecule has 7 heteroatoms. The van der Waals surface area contributed by atoms with Crippen LogP contribution < -0.4 is 0 Å². The predicted molar refractivity (Wildman–Crippen MR) is 113 cm³/mol. The molecule has 2 aromatic rings. The largest absolute Gasteiger partial charge is 0.361 e. The Morgan fingerprint density at radius 3 is 2.76 bits per heavy atom. The molecule has 2 aliphatic rings. The van der Waals surface area contributed by atoms with Crippen molar-refractivity contribution in [1.29, 1.82) is 0 Å². The zero-order chi connectivity index (χ0) is 20.4. The molecule has 154 valence electrons. The van der Waals surface area contributed by atoms with Gasteiger partial charge < -0.3 is 19.4 Å². The van der Waals surface area contributed by atoms with Crippen LogP contribution in [0.2, 0.25) is 0 Å². The zero-order valence-corrected chi connectivity index (χ0v) is 17.7. The Morgan fingerprint density at radius 1 is 1.28 bits per heavy atom. The molecule has 1 aromatic carbocycles. The monoisotopic (exact) mass is 413 g/mol. The number of likely N-dealkylation sites (tertiary alicyclic amines) is 1. The fraction of sp³-hybridized carbons (Fsp3) is 0.455. The third kappa shape index (κ3) is 3.82. The van der Waals surface area contributed by atoms with Gasteiger partial charge in [-0.3, -0.25) is 9.59 Å². The molecule has 2 aliphatic heterocycles. The number of carbonyl (C=O) groups excluding carboxylic acids is 2. The second kappa shape index (κ2) is 8.26. The van der Waals surface area contributed by atoms with Gasteiger partial charge >= 0.3 is 0 Å². The van der Waals surface area contributed by atoms with Crippen LogP contribution in [0.15, 0.2) is 47.2 Å². The van der Waals surface area contributed by atoms with Crippen LogP contribution >= 0.6 is 11.3 Å². The van der Waals surface area contributed by atoms with E-state index in [2.05, 4.69) is 17.0 Å². The van der Waals surface area contributed by atoms with Gasteiger partial charge in [0, 0.05) is 37.5 Å². The van der Waals surface area contributed by atoms with Crippen LogP contribution in [0.25, 0.3) is 0 Å². The minimum Gasteiger partial charge on any atom is -0.361 e. The standard InChI is InChI=1S/C22H27N3O3S/c1-23(2)9-10-24-14-19(17-6-4-3-5-7-17)22(21(24)27)16-25(11-12-28-22)20(26)18-8-13-29-15-18/h3-8,13,15,19H,9-12,14,16H2,1-2H3/t19-,22+/m0/s1. The zero-order valence-electron chi connectivity index (χ0n) is 16.9. The first-order chi connectivity index (χ1) is 14.0. The quantitative estimate of drug-likeness (QED) is 0.754. The van der Waals surface area contributed by atoms with Crippen LogP contribution in [0.5, 0.6) is 0 Å². The van der Waals surface area contributed by atoms with Gasteiger partial charge in [0.2, 0.25) is 0 Å². The van der Waals surface area contributed by atoms with Crippen molar-refractivity contribution in [3.8, 4) is 0 Å². The minimum atomic E-state index is -1.02. The Morgan fingerprint density at radius 2 is 2.07 bits per heavy atom. The third-order valence-corrected chi connectivity index (χ3v) is 6.52. The van der Waals surface area contributed by atoms with E-state index >= 15 is 0 Å². The maximum Gasteiger partial charge on any atom is 0.257 e. The first-order valence-corrected chi connectivity index (χ1v) is 10.9. The molecule has 6 nitrogen and oxygen atoms in total. The lowest BCUT2D eigenvalue weighted by Crippen LogP contribution is -2.59. The number of rotatable bonds is 5. The average molecular weight is 414 g/mol. The minimum absolute atomic E-state index is 0.00368. The maximum atomic E-state index is 13.6. The summed E-state index contributed by atoms with van der Waals surface area (Å²) in [4.78, 5) is 32.3. The SMILES string of the molecule is CN(C)CCN1C[C@@H](c2ccccc2)[C@]2(CN(C(=O)c3ccsc3)CCO2)C1=O. The van der Waals surface area contributed by atoms with Gasteiger partial charge in [0.25, 0.3) is 11.8 Å². The van der Waals surface area contributed by atoms with Crippen molar-refractivity contribution < 1.29 is 14.3 Å². The molecule has 0 aliphatic carbocycles. The van der Waals surface area contributed by atoms with Gasteiger partial charge in [0.05, 0.1) is 18.7 Å². The second-order valence-corrected chi connectivity index (χ2v) is 8.77. The summed E-state index contributed by atoms with van der Waals surface area (Å²) in [6.45, 7) is 3.21. The number of hydrogen-bond donors (Lipinski definition) is 0. The van der Waals surface area contributed by atoms with Crippen molar-refractivity contribution in [3.63, 3.8) is 0 Å². The Bertz CT molecular complexity index is 855. The van der Waals surface area contributed by atoms with E-state index in [9.17, 15) is 9.59 Å². The van der Waals surface area contributed by atoms with Crippen LogP contribution in [-0.2, 0) is 9.53 Å². The van der Waals surface area contributed by atoms with Crippen molar-refractivity contribution in [3.05, 3.63) is 58.3 Å². The number of likely N-dealkylation sites (N-methyl/N-ethyl adjacent to an activating group) is 1. The Kier molecular flexibility index (Phi) is 5.72. The molecule has 1 aromatic heterocycles. The summed E-state index contributed by atoms with van der Waals surface area (Å²) in [6, 6.07) is 11.9.